The number of rotatable bonds is 6. The van der Waals surface area contributed by atoms with Crippen molar-refractivity contribution in [1.82, 2.24) is 5.32 Å². The van der Waals surface area contributed by atoms with Crippen molar-refractivity contribution in [1.29, 1.82) is 0 Å². The van der Waals surface area contributed by atoms with E-state index in [1.54, 1.807) is 11.3 Å². The van der Waals surface area contributed by atoms with Gasteiger partial charge in [-0.15, -0.1) is 0 Å². The Labute approximate surface area is 114 Å². The van der Waals surface area contributed by atoms with Crippen LogP contribution >= 0.6 is 11.3 Å². The van der Waals surface area contributed by atoms with Gasteiger partial charge < -0.3 is 5.32 Å². The van der Waals surface area contributed by atoms with Gasteiger partial charge in [0.2, 0.25) is 0 Å². The summed E-state index contributed by atoms with van der Waals surface area (Å²) in [5.74, 6) is 0. The van der Waals surface area contributed by atoms with Crippen LogP contribution in [-0.2, 0) is 6.42 Å². The maximum absolute atomic E-state index is 3.52. The molecular formula is C16H21NS. The third kappa shape index (κ3) is 3.69. The van der Waals surface area contributed by atoms with E-state index in [0.717, 1.165) is 13.0 Å². The Bertz CT molecular complexity index is 444. The largest absolute Gasteiger partial charge is 0.314 e. The van der Waals surface area contributed by atoms with Crippen molar-refractivity contribution < 1.29 is 0 Å². The second-order valence-corrected chi connectivity index (χ2v) is 5.55. The molecule has 1 unspecified atom stereocenters. The molecule has 2 aromatic rings. The van der Waals surface area contributed by atoms with Crippen LogP contribution in [0.1, 0.15) is 25.8 Å². The van der Waals surface area contributed by atoms with Crippen LogP contribution in [0.5, 0.6) is 0 Å². The molecule has 0 saturated carbocycles. The molecule has 2 rings (SSSR count). The van der Waals surface area contributed by atoms with E-state index >= 15 is 0 Å². The van der Waals surface area contributed by atoms with Crippen LogP contribution in [0.25, 0.3) is 11.1 Å². The SMILES string of the molecule is CCCNC(C)Cc1ccc(-c2ccsc2)cc1. The van der Waals surface area contributed by atoms with Gasteiger partial charge in [-0.2, -0.15) is 11.3 Å². The average molecular weight is 259 g/mol. The molecule has 0 radical (unpaired) electrons. The fourth-order valence-corrected chi connectivity index (χ4v) is 2.74. The van der Waals surface area contributed by atoms with E-state index in [1.807, 2.05) is 0 Å². The predicted molar refractivity (Wildman–Crippen MR) is 81.2 cm³/mol. The third-order valence-corrected chi connectivity index (χ3v) is 3.78. The minimum Gasteiger partial charge on any atom is -0.314 e. The average Bonchev–Trinajstić information content (AvgIpc) is 2.91. The summed E-state index contributed by atoms with van der Waals surface area (Å²) >= 11 is 1.75. The van der Waals surface area contributed by atoms with Crippen LogP contribution in [0.3, 0.4) is 0 Å². The van der Waals surface area contributed by atoms with E-state index < -0.39 is 0 Å². The lowest BCUT2D eigenvalue weighted by Gasteiger charge is -2.13. The lowest BCUT2D eigenvalue weighted by molar-refractivity contribution is 0.543. The highest BCUT2D eigenvalue weighted by Crippen LogP contribution is 2.22. The molecule has 1 aromatic heterocycles. The molecule has 0 saturated heterocycles. The minimum absolute atomic E-state index is 0.553. The summed E-state index contributed by atoms with van der Waals surface area (Å²) in [5, 5.41) is 7.84. The molecule has 1 N–H and O–H groups in total. The summed E-state index contributed by atoms with van der Waals surface area (Å²) in [4.78, 5) is 0. The van der Waals surface area contributed by atoms with Crippen molar-refractivity contribution in [3.63, 3.8) is 0 Å². The Hall–Kier alpha value is -1.12. The van der Waals surface area contributed by atoms with E-state index in [9.17, 15) is 0 Å². The first-order valence-electron chi connectivity index (χ1n) is 6.64. The maximum Gasteiger partial charge on any atom is 0.00791 e. The van der Waals surface area contributed by atoms with Gasteiger partial charge in [0.25, 0.3) is 0 Å². The van der Waals surface area contributed by atoms with Crippen molar-refractivity contribution in [2.45, 2.75) is 32.7 Å². The lowest BCUT2D eigenvalue weighted by Crippen LogP contribution is -2.28. The Morgan fingerprint density at radius 3 is 2.50 bits per heavy atom. The van der Waals surface area contributed by atoms with Crippen LogP contribution in [0.2, 0.25) is 0 Å². The van der Waals surface area contributed by atoms with E-state index in [2.05, 4.69) is 60.3 Å². The molecule has 18 heavy (non-hydrogen) atoms. The van der Waals surface area contributed by atoms with Crippen molar-refractivity contribution in [2.75, 3.05) is 6.54 Å². The highest BCUT2D eigenvalue weighted by atomic mass is 32.1. The normalized spacial score (nSPS) is 12.6. The van der Waals surface area contributed by atoms with Gasteiger partial charge in [0.1, 0.15) is 0 Å². The smallest absolute Gasteiger partial charge is 0.00791 e. The fraction of sp³-hybridized carbons (Fsp3) is 0.375. The molecule has 2 heteroatoms. The van der Waals surface area contributed by atoms with Gasteiger partial charge in [-0.05, 0) is 59.8 Å². The van der Waals surface area contributed by atoms with E-state index in [1.165, 1.54) is 23.1 Å². The number of hydrogen-bond acceptors (Lipinski definition) is 2. The monoisotopic (exact) mass is 259 g/mol. The third-order valence-electron chi connectivity index (χ3n) is 3.09. The minimum atomic E-state index is 0.553. The first-order valence-corrected chi connectivity index (χ1v) is 7.58. The van der Waals surface area contributed by atoms with Crippen LogP contribution in [0, 0.1) is 0 Å². The molecule has 96 valence electrons. The Kier molecular flexibility index (Phi) is 4.97. The quantitative estimate of drug-likeness (QED) is 0.813. The van der Waals surface area contributed by atoms with Crippen LogP contribution < -0.4 is 5.32 Å². The molecule has 1 aromatic carbocycles. The highest BCUT2D eigenvalue weighted by molar-refractivity contribution is 7.08. The number of nitrogens with one attached hydrogen (secondary N) is 1. The summed E-state index contributed by atoms with van der Waals surface area (Å²) in [6.45, 7) is 5.56. The second-order valence-electron chi connectivity index (χ2n) is 4.77. The maximum atomic E-state index is 3.52. The van der Waals surface area contributed by atoms with Crippen molar-refractivity contribution in [3.05, 3.63) is 46.7 Å². The molecule has 1 heterocycles. The first kappa shape index (κ1) is 13.3. The summed E-state index contributed by atoms with van der Waals surface area (Å²) in [5.41, 5.74) is 4.04. The zero-order valence-corrected chi connectivity index (χ0v) is 12.0. The lowest BCUT2D eigenvalue weighted by atomic mass is 10.0. The zero-order valence-electron chi connectivity index (χ0n) is 11.1. The van der Waals surface area contributed by atoms with Crippen LogP contribution in [0.15, 0.2) is 41.1 Å². The molecule has 1 atom stereocenters. The standard InChI is InChI=1S/C16H21NS/c1-3-9-17-13(2)11-14-4-6-15(7-5-14)16-8-10-18-12-16/h4-8,10,12-13,17H,3,9,11H2,1-2H3. The van der Waals surface area contributed by atoms with Crippen molar-refractivity contribution >= 4 is 11.3 Å². The molecule has 0 aliphatic carbocycles. The van der Waals surface area contributed by atoms with Gasteiger partial charge in [-0.1, -0.05) is 31.2 Å². The predicted octanol–water partition coefficient (Wildman–Crippen LogP) is 4.35. The van der Waals surface area contributed by atoms with Crippen LogP contribution in [0.4, 0.5) is 0 Å². The summed E-state index contributed by atoms with van der Waals surface area (Å²) in [6, 6.07) is 11.7. The molecular weight excluding hydrogens is 238 g/mol. The summed E-state index contributed by atoms with van der Waals surface area (Å²) in [6.07, 6.45) is 2.30. The van der Waals surface area contributed by atoms with E-state index in [0.29, 0.717) is 6.04 Å². The fourth-order valence-electron chi connectivity index (χ4n) is 2.08. The van der Waals surface area contributed by atoms with Gasteiger partial charge in [0.15, 0.2) is 0 Å². The van der Waals surface area contributed by atoms with Gasteiger partial charge in [-0.3, -0.25) is 0 Å². The number of thiophene rings is 1. The van der Waals surface area contributed by atoms with Crippen molar-refractivity contribution in [3.8, 4) is 11.1 Å². The Balaban J connectivity index is 1.95. The second kappa shape index (κ2) is 6.72. The molecule has 0 bridgehead atoms. The summed E-state index contributed by atoms with van der Waals surface area (Å²) in [7, 11) is 0. The highest BCUT2D eigenvalue weighted by Gasteiger charge is 2.03. The number of hydrogen-bond donors (Lipinski definition) is 1. The van der Waals surface area contributed by atoms with Crippen LogP contribution in [-0.4, -0.2) is 12.6 Å². The molecule has 0 aliphatic rings. The van der Waals surface area contributed by atoms with E-state index in [-0.39, 0.29) is 0 Å². The van der Waals surface area contributed by atoms with Crippen molar-refractivity contribution in [2.24, 2.45) is 0 Å². The number of benzene rings is 1. The van der Waals surface area contributed by atoms with Gasteiger partial charge >= 0.3 is 0 Å². The topological polar surface area (TPSA) is 12.0 Å². The molecule has 0 amide bonds. The molecule has 0 spiro atoms. The first-order chi connectivity index (χ1) is 8.79. The van der Waals surface area contributed by atoms with Gasteiger partial charge in [0, 0.05) is 6.04 Å². The molecule has 0 aliphatic heterocycles. The Morgan fingerprint density at radius 2 is 1.89 bits per heavy atom. The Morgan fingerprint density at radius 1 is 1.11 bits per heavy atom. The molecule has 1 nitrogen and oxygen atoms in total. The van der Waals surface area contributed by atoms with Gasteiger partial charge in [0.05, 0.1) is 0 Å². The summed E-state index contributed by atoms with van der Waals surface area (Å²) < 4.78 is 0. The molecule has 0 fully saturated rings. The zero-order chi connectivity index (χ0) is 12.8. The van der Waals surface area contributed by atoms with Gasteiger partial charge in [-0.25, -0.2) is 0 Å². The van der Waals surface area contributed by atoms with E-state index in [4.69, 9.17) is 0 Å².